The minimum absolute atomic E-state index is 0.215. The number of nitrogens with one attached hydrogen (secondary N) is 1. The molecule has 3 aromatic rings. The number of carbonyl (C=O) groups is 2. The average molecular weight is 500 g/mol. The van der Waals surface area contributed by atoms with Gasteiger partial charge in [-0.05, 0) is 65.3 Å². The van der Waals surface area contributed by atoms with Gasteiger partial charge in [0.2, 0.25) is 0 Å². The highest BCUT2D eigenvalue weighted by molar-refractivity contribution is 6.00. The molecule has 2 aromatic carbocycles. The predicted octanol–water partition coefficient (Wildman–Crippen LogP) is 5.52. The number of rotatable bonds is 7. The highest BCUT2D eigenvalue weighted by Gasteiger charge is 2.40. The second kappa shape index (κ2) is 10.9. The van der Waals surface area contributed by atoms with Gasteiger partial charge in [-0.2, -0.15) is 5.10 Å². The molecule has 0 bridgehead atoms. The van der Waals surface area contributed by atoms with Crippen LogP contribution in [0.15, 0.2) is 77.3 Å². The number of hydrogen-bond acceptors (Lipinski definition) is 6. The zero-order valence-electron chi connectivity index (χ0n) is 22.2. The van der Waals surface area contributed by atoms with Crippen molar-refractivity contribution in [2.75, 3.05) is 13.2 Å². The molecule has 0 aliphatic carbocycles. The Bertz CT molecular complexity index is 1360. The molecule has 4 rings (SSSR count). The molecule has 7 nitrogen and oxygen atoms in total. The van der Waals surface area contributed by atoms with Crippen LogP contribution in [-0.4, -0.2) is 34.9 Å². The number of nitrogens with zero attached hydrogens (tertiary/aromatic N) is 2. The monoisotopic (exact) mass is 499 g/mol. The van der Waals surface area contributed by atoms with Gasteiger partial charge in [0.05, 0.1) is 41.7 Å². The first kappa shape index (κ1) is 25.9. The summed E-state index contributed by atoms with van der Waals surface area (Å²) in [5.41, 5.74) is 7.35. The molecule has 0 radical (unpaired) electrons. The summed E-state index contributed by atoms with van der Waals surface area (Å²) in [7, 11) is 0. The fourth-order valence-corrected chi connectivity index (χ4v) is 4.78. The van der Waals surface area contributed by atoms with Crippen molar-refractivity contribution in [3.63, 3.8) is 0 Å². The van der Waals surface area contributed by atoms with E-state index in [-0.39, 0.29) is 13.2 Å². The Morgan fingerprint density at radius 3 is 2.05 bits per heavy atom. The van der Waals surface area contributed by atoms with E-state index in [0.29, 0.717) is 28.2 Å². The third-order valence-electron chi connectivity index (χ3n) is 6.47. The van der Waals surface area contributed by atoms with Crippen LogP contribution < -0.4 is 5.32 Å². The quantitative estimate of drug-likeness (QED) is 0.431. The van der Waals surface area contributed by atoms with Crippen molar-refractivity contribution < 1.29 is 19.1 Å². The van der Waals surface area contributed by atoms with Crippen molar-refractivity contribution in [2.45, 2.75) is 47.5 Å². The van der Waals surface area contributed by atoms with E-state index in [1.807, 2.05) is 64.2 Å². The van der Waals surface area contributed by atoms with Gasteiger partial charge in [-0.15, -0.1) is 0 Å². The Hall–Kier alpha value is -4.13. The van der Waals surface area contributed by atoms with Crippen LogP contribution in [0.5, 0.6) is 0 Å². The number of esters is 2. The lowest BCUT2D eigenvalue weighted by molar-refractivity contribution is -0.139. The van der Waals surface area contributed by atoms with Crippen molar-refractivity contribution in [2.24, 2.45) is 0 Å². The van der Waals surface area contributed by atoms with Gasteiger partial charge < -0.3 is 14.8 Å². The zero-order valence-corrected chi connectivity index (χ0v) is 22.2. The second-order valence-electron chi connectivity index (χ2n) is 9.11. The molecule has 1 N–H and O–H groups in total. The number of hydrogen-bond donors (Lipinski definition) is 1. The lowest BCUT2D eigenvalue weighted by Gasteiger charge is -2.30. The van der Waals surface area contributed by atoms with Crippen LogP contribution in [0.1, 0.15) is 50.3 Å². The van der Waals surface area contributed by atoms with E-state index in [2.05, 4.69) is 23.5 Å². The summed E-state index contributed by atoms with van der Waals surface area (Å²) in [6.45, 7) is 11.7. The Kier molecular flexibility index (Phi) is 7.62. The van der Waals surface area contributed by atoms with E-state index in [1.54, 1.807) is 18.5 Å². The molecule has 2 heterocycles. The Morgan fingerprint density at radius 2 is 1.49 bits per heavy atom. The minimum atomic E-state index is -0.730. The highest BCUT2D eigenvalue weighted by atomic mass is 16.5. The van der Waals surface area contributed by atoms with E-state index in [0.717, 1.165) is 27.9 Å². The molecule has 0 fully saturated rings. The first-order chi connectivity index (χ1) is 17.8. The summed E-state index contributed by atoms with van der Waals surface area (Å²) in [6.07, 6.45) is 1.90. The summed E-state index contributed by atoms with van der Waals surface area (Å²) in [5.74, 6) is -1.69. The van der Waals surface area contributed by atoms with Gasteiger partial charge in [0.15, 0.2) is 0 Å². The number of benzene rings is 2. The number of aryl methyl sites for hydroxylation is 2. The maximum Gasteiger partial charge on any atom is 0.336 e. The summed E-state index contributed by atoms with van der Waals surface area (Å²) >= 11 is 0. The molecule has 0 atom stereocenters. The molecule has 0 spiro atoms. The van der Waals surface area contributed by atoms with Gasteiger partial charge >= 0.3 is 11.9 Å². The van der Waals surface area contributed by atoms with Crippen LogP contribution >= 0.6 is 0 Å². The SMILES string of the molecule is CCOC(=O)C1=C(C)NC(C)=C(C(=O)OCC)C1c1cn(-c2ccccc2)nc1-c1cc(C)ccc1C. The van der Waals surface area contributed by atoms with Crippen LogP contribution in [0.25, 0.3) is 16.9 Å². The van der Waals surface area contributed by atoms with Gasteiger partial charge in [0.1, 0.15) is 0 Å². The number of aromatic nitrogens is 2. The largest absolute Gasteiger partial charge is 0.463 e. The second-order valence-corrected chi connectivity index (χ2v) is 9.11. The first-order valence-corrected chi connectivity index (χ1v) is 12.5. The third kappa shape index (κ3) is 5.07. The van der Waals surface area contributed by atoms with Gasteiger partial charge in [-0.3, -0.25) is 0 Å². The van der Waals surface area contributed by atoms with Crippen molar-refractivity contribution >= 4 is 11.9 Å². The topological polar surface area (TPSA) is 82.5 Å². The summed E-state index contributed by atoms with van der Waals surface area (Å²) < 4.78 is 12.7. The number of para-hydroxylation sites is 1. The maximum absolute atomic E-state index is 13.3. The van der Waals surface area contributed by atoms with Crippen LogP contribution in [-0.2, 0) is 19.1 Å². The molecular weight excluding hydrogens is 466 g/mol. The van der Waals surface area contributed by atoms with Crippen LogP contribution in [0.3, 0.4) is 0 Å². The van der Waals surface area contributed by atoms with E-state index in [1.165, 1.54) is 0 Å². The average Bonchev–Trinajstić information content (AvgIpc) is 3.30. The molecule has 1 aliphatic heterocycles. The molecular formula is C30H33N3O4. The smallest absolute Gasteiger partial charge is 0.336 e. The molecule has 1 aliphatic rings. The molecule has 192 valence electrons. The van der Waals surface area contributed by atoms with E-state index < -0.39 is 17.9 Å². The van der Waals surface area contributed by atoms with Crippen molar-refractivity contribution in [1.82, 2.24) is 15.1 Å². The minimum Gasteiger partial charge on any atom is -0.463 e. The predicted molar refractivity (Wildman–Crippen MR) is 143 cm³/mol. The van der Waals surface area contributed by atoms with Crippen molar-refractivity contribution in [3.8, 4) is 16.9 Å². The Labute approximate surface area is 217 Å². The number of carbonyl (C=O) groups excluding carboxylic acids is 2. The van der Waals surface area contributed by atoms with Crippen molar-refractivity contribution in [3.05, 3.63) is 94.0 Å². The number of dihydropyridines is 1. The fraction of sp³-hybridized carbons (Fsp3) is 0.300. The van der Waals surface area contributed by atoms with Gasteiger partial charge in [0.25, 0.3) is 0 Å². The molecule has 7 heteroatoms. The van der Waals surface area contributed by atoms with Gasteiger partial charge in [-0.1, -0.05) is 35.9 Å². The third-order valence-corrected chi connectivity index (χ3v) is 6.47. The first-order valence-electron chi connectivity index (χ1n) is 12.5. The number of ether oxygens (including phenoxy) is 2. The molecule has 37 heavy (non-hydrogen) atoms. The lowest BCUT2D eigenvalue weighted by atomic mass is 9.79. The summed E-state index contributed by atoms with van der Waals surface area (Å²) in [4.78, 5) is 26.7. The summed E-state index contributed by atoms with van der Waals surface area (Å²) in [6, 6.07) is 16.0. The Balaban J connectivity index is 2.05. The molecule has 0 saturated carbocycles. The van der Waals surface area contributed by atoms with Crippen molar-refractivity contribution in [1.29, 1.82) is 0 Å². The molecule has 0 unspecified atom stereocenters. The fourth-order valence-electron chi connectivity index (χ4n) is 4.78. The molecule has 1 aromatic heterocycles. The standard InChI is InChI=1S/C30H33N3O4/c1-7-36-29(34)25-20(5)31-21(6)26(30(35)37-8-2)27(25)24-17-33(22-12-10-9-11-13-22)32-28(24)23-16-18(3)14-15-19(23)4/h9-17,27,31H,7-8H2,1-6H3. The normalized spacial score (nSPS) is 14.0. The lowest BCUT2D eigenvalue weighted by Crippen LogP contribution is -2.32. The number of allylic oxidation sites excluding steroid dienone is 2. The maximum atomic E-state index is 13.3. The highest BCUT2D eigenvalue weighted by Crippen LogP contribution is 2.43. The molecule has 0 amide bonds. The van der Waals surface area contributed by atoms with E-state index in [4.69, 9.17) is 14.6 Å². The van der Waals surface area contributed by atoms with Gasteiger partial charge in [-0.25, -0.2) is 14.3 Å². The zero-order chi connectivity index (χ0) is 26.7. The molecule has 0 saturated heterocycles. The van der Waals surface area contributed by atoms with Crippen LogP contribution in [0.2, 0.25) is 0 Å². The summed E-state index contributed by atoms with van der Waals surface area (Å²) in [5, 5.41) is 8.21. The van der Waals surface area contributed by atoms with Crippen LogP contribution in [0.4, 0.5) is 0 Å². The van der Waals surface area contributed by atoms with Gasteiger partial charge in [0, 0.05) is 28.7 Å². The Morgan fingerprint density at radius 1 is 0.892 bits per heavy atom. The van der Waals surface area contributed by atoms with E-state index >= 15 is 0 Å². The van der Waals surface area contributed by atoms with E-state index in [9.17, 15) is 9.59 Å². The van der Waals surface area contributed by atoms with Crippen LogP contribution in [0, 0.1) is 13.8 Å².